The van der Waals surface area contributed by atoms with E-state index in [4.69, 9.17) is 17.0 Å². The van der Waals surface area contributed by atoms with Gasteiger partial charge in [-0.25, -0.2) is 8.42 Å². The number of thiocarbonyl (C=S) groups is 1. The van der Waals surface area contributed by atoms with E-state index in [9.17, 15) is 13.2 Å². The van der Waals surface area contributed by atoms with Gasteiger partial charge >= 0.3 is 0 Å². The minimum absolute atomic E-state index is 0.0312. The highest BCUT2D eigenvalue weighted by Gasteiger charge is 2.22. The van der Waals surface area contributed by atoms with E-state index in [1.54, 1.807) is 18.3 Å². The number of aromatic amines is 1. The van der Waals surface area contributed by atoms with E-state index in [-0.39, 0.29) is 34.1 Å². The van der Waals surface area contributed by atoms with Crippen molar-refractivity contribution in [3.63, 3.8) is 0 Å². The van der Waals surface area contributed by atoms with Gasteiger partial charge in [0, 0.05) is 18.9 Å². The van der Waals surface area contributed by atoms with Crippen LogP contribution in [0.3, 0.4) is 0 Å². The van der Waals surface area contributed by atoms with Crippen molar-refractivity contribution >= 4 is 33.3 Å². The van der Waals surface area contributed by atoms with Crippen molar-refractivity contribution in [2.24, 2.45) is 0 Å². The number of aromatic nitrogens is 1. The lowest BCUT2D eigenvalue weighted by molar-refractivity contribution is -0.121. The first-order valence-corrected chi connectivity index (χ1v) is 11.6. The molecule has 10 heteroatoms. The smallest absolute Gasteiger partial charge is 0.267 e. The molecule has 0 bridgehead atoms. The first kappa shape index (κ1) is 23.7. The summed E-state index contributed by atoms with van der Waals surface area (Å²) in [5.74, 6) is 0.00552. The van der Waals surface area contributed by atoms with Crippen LogP contribution in [0, 0.1) is 0 Å². The van der Waals surface area contributed by atoms with Gasteiger partial charge in [-0.2, -0.15) is 0 Å². The lowest BCUT2D eigenvalue weighted by atomic mass is 10.1. The number of hydrogen-bond donors (Lipinski definition) is 4. The monoisotopic (exact) mass is 452 g/mol. The molecule has 0 saturated heterocycles. The topological polar surface area (TPSA) is 112 Å². The first-order chi connectivity index (χ1) is 14.3. The summed E-state index contributed by atoms with van der Waals surface area (Å²) >= 11 is 4.93. The highest BCUT2D eigenvalue weighted by Crippen LogP contribution is 2.26. The van der Waals surface area contributed by atoms with Gasteiger partial charge in [0.05, 0.1) is 19.1 Å². The van der Waals surface area contributed by atoms with Crippen LogP contribution in [0.1, 0.15) is 44.0 Å². The molecule has 1 aromatic heterocycles. The molecule has 0 saturated carbocycles. The van der Waals surface area contributed by atoms with Crippen LogP contribution in [0.15, 0.2) is 41.4 Å². The number of rotatable bonds is 10. The Hall–Kier alpha value is -2.59. The number of sulfonamides is 1. The third kappa shape index (κ3) is 6.46. The SMILES string of the molecule is CCCOc1ccc(CC(=O)NC(CC)c2ccc[nH]2)cc1S(=O)(=O)NC(=S)NC. The predicted molar refractivity (Wildman–Crippen MR) is 120 cm³/mol. The Labute approximate surface area is 182 Å². The molecule has 1 heterocycles. The molecule has 0 aliphatic rings. The van der Waals surface area contributed by atoms with Crippen molar-refractivity contribution in [3.8, 4) is 5.75 Å². The second-order valence-electron chi connectivity index (χ2n) is 6.64. The number of hydrogen-bond acceptors (Lipinski definition) is 5. The minimum Gasteiger partial charge on any atom is -0.492 e. The van der Waals surface area contributed by atoms with Gasteiger partial charge in [-0.05, 0) is 54.9 Å². The molecule has 2 aromatic rings. The van der Waals surface area contributed by atoms with Crippen molar-refractivity contribution in [1.29, 1.82) is 0 Å². The Kier molecular flexibility index (Phi) is 8.67. The number of H-pyrrole nitrogens is 1. The van der Waals surface area contributed by atoms with E-state index in [1.165, 1.54) is 13.1 Å². The number of benzene rings is 1. The zero-order valence-corrected chi connectivity index (χ0v) is 19.0. The summed E-state index contributed by atoms with van der Waals surface area (Å²) in [6, 6.07) is 8.35. The van der Waals surface area contributed by atoms with Crippen molar-refractivity contribution < 1.29 is 17.9 Å². The van der Waals surface area contributed by atoms with E-state index >= 15 is 0 Å². The van der Waals surface area contributed by atoms with Crippen LogP contribution < -0.4 is 20.1 Å². The van der Waals surface area contributed by atoms with E-state index in [1.807, 2.05) is 26.0 Å². The Morgan fingerprint density at radius 1 is 1.27 bits per heavy atom. The van der Waals surface area contributed by atoms with Crippen LogP contribution in [0.5, 0.6) is 5.75 Å². The second kappa shape index (κ2) is 11.0. The Bertz CT molecular complexity index is 959. The van der Waals surface area contributed by atoms with Crippen LogP contribution in [0.25, 0.3) is 0 Å². The molecule has 1 amide bonds. The maximum absolute atomic E-state index is 12.8. The minimum atomic E-state index is -3.97. The molecule has 2 rings (SSSR count). The zero-order chi connectivity index (χ0) is 22.1. The van der Waals surface area contributed by atoms with E-state index in [0.717, 1.165) is 18.5 Å². The third-order valence-corrected chi connectivity index (χ3v) is 6.13. The highest BCUT2D eigenvalue weighted by atomic mass is 32.2. The molecule has 0 aliphatic carbocycles. The fraction of sp³-hybridized carbons (Fsp3) is 0.400. The van der Waals surface area contributed by atoms with Gasteiger partial charge in [-0.15, -0.1) is 0 Å². The summed E-state index contributed by atoms with van der Waals surface area (Å²) < 4.78 is 33.4. The molecule has 4 N–H and O–H groups in total. The Balaban J connectivity index is 2.24. The number of ether oxygens (including phenoxy) is 1. The van der Waals surface area contributed by atoms with Gasteiger partial charge in [-0.3, -0.25) is 9.52 Å². The molecule has 1 atom stereocenters. The Morgan fingerprint density at radius 2 is 2.03 bits per heavy atom. The lowest BCUT2D eigenvalue weighted by Gasteiger charge is -2.17. The standard InChI is InChI=1S/C20H28N4O4S2/c1-4-11-28-17-9-8-14(12-18(17)30(26,27)24-20(29)21-3)13-19(25)23-15(5-2)16-7-6-10-22-16/h6-10,12,15,22H,4-5,11,13H2,1-3H3,(H,23,25)(H2,21,24,29). The van der Waals surface area contributed by atoms with Gasteiger partial charge in [0.2, 0.25) is 5.91 Å². The normalized spacial score (nSPS) is 12.1. The number of amides is 1. The lowest BCUT2D eigenvalue weighted by Crippen LogP contribution is -2.37. The number of carbonyl (C=O) groups is 1. The maximum Gasteiger partial charge on any atom is 0.267 e. The summed E-state index contributed by atoms with van der Waals surface area (Å²) in [6.45, 7) is 4.27. The van der Waals surface area contributed by atoms with Crippen LogP contribution in [-0.2, 0) is 21.2 Å². The molecule has 0 fully saturated rings. The van der Waals surface area contributed by atoms with Gasteiger partial charge in [0.25, 0.3) is 10.0 Å². The molecular weight excluding hydrogens is 424 g/mol. The average molecular weight is 453 g/mol. The molecule has 30 heavy (non-hydrogen) atoms. The quantitative estimate of drug-likeness (QED) is 0.412. The summed E-state index contributed by atoms with van der Waals surface area (Å²) in [4.78, 5) is 15.6. The van der Waals surface area contributed by atoms with Crippen LogP contribution >= 0.6 is 12.2 Å². The summed E-state index contributed by atoms with van der Waals surface area (Å²) in [7, 11) is -2.45. The largest absolute Gasteiger partial charge is 0.492 e. The molecule has 8 nitrogen and oxygen atoms in total. The maximum atomic E-state index is 12.8. The van der Waals surface area contributed by atoms with E-state index < -0.39 is 10.0 Å². The fourth-order valence-electron chi connectivity index (χ4n) is 2.82. The molecule has 1 unspecified atom stereocenters. The van der Waals surface area contributed by atoms with Crippen molar-refractivity contribution in [1.82, 2.24) is 20.3 Å². The van der Waals surface area contributed by atoms with Crippen molar-refractivity contribution in [3.05, 3.63) is 47.8 Å². The molecule has 0 radical (unpaired) electrons. The summed E-state index contributed by atoms with van der Waals surface area (Å²) in [5.41, 5.74) is 1.47. The Morgan fingerprint density at radius 3 is 2.63 bits per heavy atom. The van der Waals surface area contributed by atoms with E-state index in [2.05, 4.69) is 20.3 Å². The number of nitrogens with one attached hydrogen (secondary N) is 4. The molecular formula is C20H28N4O4S2. The van der Waals surface area contributed by atoms with Gasteiger partial charge < -0.3 is 20.4 Å². The molecule has 164 valence electrons. The average Bonchev–Trinajstić information content (AvgIpc) is 3.25. The molecule has 0 aliphatic heterocycles. The summed E-state index contributed by atoms with van der Waals surface area (Å²) in [5, 5.41) is 5.51. The van der Waals surface area contributed by atoms with Crippen LogP contribution in [0.2, 0.25) is 0 Å². The van der Waals surface area contributed by atoms with Crippen molar-refractivity contribution in [2.45, 2.75) is 44.0 Å². The zero-order valence-electron chi connectivity index (χ0n) is 17.3. The highest BCUT2D eigenvalue weighted by molar-refractivity contribution is 7.92. The van der Waals surface area contributed by atoms with Gasteiger partial charge in [0.1, 0.15) is 10.6 Å². The van der Waals surface area contributed by atoms with E-state index in [0.29, 0.717) is 12.2 Å². The number of carbonyl (C=O) groups excluding carboxylic acids is 1. The first-order valence-electron chi connectivity index (χ1n) is 9.73. The molecule has 1 aromatic carbocycles. The fourth-order valence-corrected chi connectivity index (χ4v) is 4.31. The molecule has 0 spiro atoms. The van der Waals surface area contributed by atoms with Gasteiger partial charge in [0.15, 0.2) is 5.11 Å². The third-order valence-electron chi connectivity index (χ3n) is 4.32. The second-order valence-corrected chi connectivity index (χ2v) is 8.70. The predicted octanol–water partition coefficient (Wildman–Crippen LogP) is 2.40. The van der Waals surface area contributed by atoms with Crippen LogP contribution in [0.4, 0.5) is 0 Å². The van der Waals surface area contributed by atoms with Crippen molar-refractivity contribution in [2.75, 3.05) is 13.7 Å². The summed E-state index contributed by atoms with van der Waals surface area (Å²) in [6.07, 6.45) is 3.29. The van der Waals surface area contributed by atoms with Gasteiger partial charge in [-0.1, -0.05) is 19.9 Å². The van der Waals surface area contributed by atoms with Crippen LogP contribution in [-0.4, -0.2) is 38.1 Å².